The lowest BCUT2D eigenvalue weighted by Crippen LogP contribution is -2.49. The Balaban J connectivity index is 1.31. The van der Waals surface area contributed by atoms with E-state index in [1.807, 2.05) is 37.3 Å². The number of amides is 1. The summed E-state index contributed by atoms with van der Waals surface area (Å²) < 4.78 is 5.51. The van der Waals surface area contributed by atoms with Gasteiger partial charge in [-0.3, -0.25) is 9.69 Å². The number of nitrogens with one attached hydrogen (secondary N) is 1. The van der Waals surface area contributed by atoms with E-state index < -0.39 is 0 Å². The van der Waals surface area contributed by atoms with Gasteiger partial charge in [0.15, 0.2) is 6.61 Å². The number of nitrogens with zero attached hydrogens (tertiary/aromatic N) is 4. The number of hydrogen-bond acceptors (Lipinski definition) is 6. The quantitative estimate of drug-likeness (QED) is 0.802. The van der Waals surface area contributed by atoms with E-state index in [0.29, 0.717) is 6.54 Å². The van der Waals surface area contributed by atoms with Crippen LogP contribution in [0.4, 0.5) is 5.95 Å². The van der Waals surface area contributed by atoms with E-state index in [0.717, 1.165) is 50.0 Å². The van der Waals surface area contributed by atoms with Gasteiger partial charge in [0, 0.05) is 51.7 Å². The van der Waals surface area contributed by atoms with Crippen LogP contribution < -0.4 is 15.0 Å². The summed E-state index contributed by atoms with van der Waals surface area (Å²) in [6, 6.07) is 9.52. The molecule has 1 fully saturated rings. The van der Waals surface area contributed by atoms with Gasteiger partial charge in [0.2, 0.25) is 5.95 Å². The molecule has 2 aromatic rings. The second-order valence-electron chi connectivity index (χ2n) is 6.33. The largest absolute Gasteiger partial charge is 0.484 e. The normalized spacial score (nSPS) is 14.9. The number of aromatic nitrogens is 2. The second kappa shape index (κ2) is 9.15. The molecule has 1 aliphatic heterocycles. The maximum absolute atomic E-state index is 11.9. The van der Waals surface area contributed by atoms with Crippen molar-refractivity contribution in [3.05, 3.63) is 48.3 Å². The number of rotatable bonds is 7. The van der Waals surface area contributed by atoms with E-state index in [4.69, 9.17) is 4.74 Å². The maximum Gasteiger partial charge on any atom is 0.257 e. The molecule has 0 saturated carbocycles. The van der Waals surface area contributed by atoms with E-state index in [-0.39, 0.29) is 12.5 Å². The molecular formula is C19H25N5O2. The Bertz CT molecular complexity index is 702. The molecule has 7 nitrogen and oxygen atoms in total. The molecule has 26 heavy (non-hydrogen) atoms. The molecule has 0 radical (unpaired) electrons. The Kier molecular flexibility index (Phi) is 6.38. The topological polar surface area (TPSA) is 70.6 Å². The maximum atomic E-state index is 11.9. The van der Waals surface area contributed by atoms with Gasteiger partial charge in [0.1, 0.15) is 5.75 Å². The van der Waals surface area contributed by atoms with E-state index in [2.05, 4.69) is 25.1 Å². The van der Waals surface area contributed by atoms with Crippen LogP contribution in [-0.2, 0) is 4.79 Å². The highest BCUT2D eigenvalue weighted by atomic mass is 16.5. The minimum absolute atomic E-state index is 0.0442. The van der Waals surface area contributed by atoms with Gasteiger partial charge in [-0.15, -0.1) is 0 Å². The average Bonchev–Trinajstić information content (AvgIpc) is 2.68. The number of hydrogen-bond donors (Lipinski definition) is 1. The van der Waals surface area contributed by atoms with Crippen LogP contribution >= 0.6 is 0 Å². The van der Waals surface area contributed by atoms with Crippen LogP contribution in [0.5, 0.6) is 5.75 Å². The minimum Gasteiger partial charge on any atom is -0.484 e. The number of anilines is 1. The van der Waals surface area contributed by atoms with Crippen LogP contribution in [0, 0.1) is 6.92 Å². The van der Waals surface area contributed by atoms with Crippen molar-refractivity contribution in [2.75, 3.05) is 50.8 Å². The molecule has 3 rings (SSSR count). The highest BCUT2D eigenvalue weighted by molar-refractivity contribution is 5.77. The molecule has 2 heterocycles. The number of aryl methyl sites for hydroxylation is 1. The van der Waals surface area contributed by atoms with Crippen LogP contribution in [0.15, 0.2) is 42.7 Å². The highest BCUT2D eigenvalue weighted by Crippen LogP contribution is 2.12. The Labute approximate surface area is 154 Å². The first-order chi connectivity index (χ1) is 12.7. The summed E-state index contributed by atoms with van der Waals surface area (Å²) in [6.45, 7) is 7.17. The monoisotopic (exact) mass is 355 g/mol. The zero-order valence-electron chi connectivity index (χ0n) is 15.1. The van der Waals surface area contributed by atoms with Gasteiger partial charge >= 0.3 is 0 Å². The third-order valence-corrected chi connectivity index (χ3v) is 4.32. The van der Waals surface area contributed by atoms with Crippen molar-refractivity contribution in [1.29, 1.82) is 0 Å². The molecule has 0 aliphatic carbocycles. The molecule has 1 amide bonds. The fourth-order valence-electron chi connectivity index (χ4n) is 2.88. The number of carbonyl (C=O) groups excluding carboxylic acids is 1. The fraction of sp³-hybridized carbons (Fsp3) is 0.421. The lowest BCUT2D eigenvalue weighted by molar-refractivity contribution is -0.123. The van der Waals surface area contributed by atoms with Crippen molar-refractivity contribution >= 4 is 11.9 Å². The third-order valence-electron chi connectivity index (χ3n) is 4.32. The zero-order chi connectivity index (χ0) is 18.2. The Morgan fingerprint density at radius 3 is 2.65 bits per heavy atom. The van der Waals surface area contributed by atoms with Crippen molar-refractivity contribution in [2.45, 2.75) is 6.92 Å². The summed E-state index contributed by atoms with van der Waals surface area (Å²) in [5.74, 6) is 1.41. The van der Waals surface area contributed by atoms with Crippen molar-refractivity contribution in [3.8, 4) is 5.75 Å². The lowest BCUT2D eigenvalue weighted by atomic mass is 10.2. The summed E-state index contributed by atoms with van der Waals surface area (Å²) in [5, 5.41) is 2.91. The zero-order valence-corrected chi connectivity index (χ0v) is 15.1. The first-order valence-corrected chi connectivity index (χ1v) is 8.91. The molecule has 1 aliphatic rings. The van der Waals surface area contributed by atoms with Crippen LogP contribution in [-0.4, -0.2) is 66.7 Å². The van der Waals surface area contributed by atoms with Crippen LogP contribution in [0.1, 0.15) is 5.56 Å². The summed E-state index contributed by atoms with van der Waals surface area (Å²) in [5.41, 5.74) is 1.11. The molecule has 1 saturated heterocycles. The minimum atomic E-state index is -0.0946. The first-order valence-electron chi connectivity index (χ1n) is 8.91. The molecule has 1 aromatic carbocycles. The van der Waals surface area contributed by atoms with Crippen LogP contribution in [0.3, 0.4) is 0 Å². The summed E-state index contributed by atoms with van der Waals surface area (Å²) in [6.07, 6.45) is 3.53. The molecule has 7 heteroatoms. The molecule has 0 spiro atoms. The van der Waals surface area contributed by atoms with Gasteiger partial charge in [-0.2, -0.15) is 0 Å². The highest BCUT2D eigenvalue weighted by Gasteiger charge is 2.18. The Morgan fingerprint density at radius 2 is 1.92 bits per heavy atom. The van der Waals surface area contributed by atoms with Gasteiger partial charge in [-0.1, -0.05) is 12.1 Å². The second-order valence-corrected chi connectivity index (χ2v) is 6.33. The summed E-state index contributed by atoms with van der Waals surface area (Å²) in [4.78, 5) is 25.0. The van der Waals surface area contributed by atoms with E-state index >= 15 is 0 Å². The van der Waals surface area contributed by atoms with Gasteiger partial charge in [0.25, 0.3) is 5.91 Å². The fourth-order valence-corrected chi connectivity index (χ4v) is 2.88. The molecule has 0 atom stereocenters. The average molecular weight is 355 g/mol. The van der Waals surface area contributed by atoms with Crippen molar-refractivity contribution in [1.82, 2.24) is 20.2 Å². The Morgan fingerprint density at radius 1 is 1.15 bits per heavy atom. The smallest absolute Gasteiger partial charge is 0.257 e. The van der Waals surface area contributed by atoms with Crippen molar-refractivity contribution < 1.29 is 9.53 Å². The first kappa shape index (κ1) is 18.1. The van der Waals surface area contributed by atoms with Crippen molar-refractivity contribution in [3.63, 3.8) is 0 Å². The van der Waals surface area contributed by atoms with Crippen LogP contribution in [0.2, 0.25) is 0 Å². The van der Waals surface area contributed by atoms with Gasteiger partial charge < -0.3 is 15.0 Å². The predicted molar refractivity (Wildman–Crippen MR) is 100 cm³/mol. The summed E-state index contributed by atoms with van der Waals surface area (Å²) in [7, 11) is 0. The predicted octanol–water partition coefficient (Wildman–Crippen LogP) is 1.10. The molecular weight excluding hydrogens is 330 g/mol. The van der Waals surface area contributed by atoms with Crippen LogP contribution in [0.25, 0.3) is 0 Å². The van der Waals surface area contributed by atoms with E-state index in [1.54, 1.807) is 12.4 Å². The molecule has 1 N–H and O–H groups in total. The lowest BCUT2D eigenvalue weighted by Gasteiger charge is -2.34. The molecule has 138 valence electrons. The Hall–Kier alpha value is -2.67. The van der Waals surface area contributed by atoms with E-state index in [9.17, 15) is 4.79 Å². The molecule has 0 bridgehead atoms. The standard InChI is InChI=1S/C19H25N5O2/c1-16-4-2-5-17(14-16)26-15-18(25)20-8-9-23-10-12-24(13-11-23)19-21-6-3-7-22-19/h2-7,14H,8-13,15H2,1H3,(H,20,25). The third kappa shape index (κ3) is 5.42. The summed E-state index contributed by atoms with van der Waals surface area (Å²) >= 11 is 0. The molecule has 1 aromatic heterocycles. The van der Waals surface area contributed by atoms with Crippen molar-refractivity contribution in [2.24, 2.45) is 0 Å². The number of piperazine rings is 1. The number of ether oxygens (including phenoxy) is 1. The van der Waals surface area contributed by atoms with Gasteiger partial charge in [0.05, 0.1) is 0 Å². The number of benzene rings is 1. The van der Waals surface area contributed by atoms with E-state index in [1.165, 1.54) is 0 Å². The van der Waals surface area contributed by atoms with Gasteiger partial charge in [-0.25, -0.2) is 9.97 Å². The van der Waals surface area contributed by atoms with Gasteiger partial charge in [-0.05, 0) is 30.7 Å². The SMILES string of the molecule is Cc1cccc(OCC(=O)NCCN2CCN(c3ncccn3)CC2)c1. The molecule has 0 unspecified atom stereocenters. The number of carbonyl (C=O) groups is 1.